The molecule has 0 unspecified atom stereocenters. The van der Waals surface area contributed by atoms with Gasteiger partial charge in [0, 0.05) is 5.56 Å². The predicted molar refractivity (Wildman–Crippen MR) is 57.2 cm³/mol. The van der Waals surface area contributed by atoms with Gasteiger partial charge in [0.05, 0.1) is 14.7 Å². The molecule has 1 aromatic carbocycles. The lowest BCUT2D eigenvalue weighted by Crippen LogP contribution is -1.82. The summed E-state index contributed by atoms with van der Waals surface area (Å²) in [6, 6.07) is 3.66. The monoisotopic (exact) mass is 230 g/mol. The van der Waals surface area contributed by atoms with Crippen molar-refractivity contribution in [2.45, 2.75) is 0 Å². The second kappa shape index (κ2) is 3.29. The molecule has 0 amide bonds. The molecule has 13 heavy (non-hydrogen) atoms. The first kappa shape index (κ1) is 9.00. The van der Waals surface area contributed by atoms with Gasteiger partial charge >= 0.3 is 0 Å². The van der Waals surface area contributed by atoms with Crippen LogP contribution in [0, 0.1) is 0 Å². The van der Waals surface area contributed by atoms with E-state index in [0.717, 1.165) is 10.1 Å². The lowest BCUT2D eigenvalue weighted by Gasteiger charge is -2.00. The summed E-state index contributed by atoms with van der Waals surface area (Å²) >= 11 is 13.4. The van der Waals surface area contributed by atoms with E-state index in [0.29, 0.717) is 21.9 Å². The number of rotatable bonds is 1. The van der Waals surface area contributed by atoms with Crippen molar-refractivity contribution < 1.29 is 4.79 Å². The highest BCUT2D eigenvalue weighted by atomic mass is 35.5. The van der Waals surface area contributed by atoms with Crippen molar-refractivity contribution in [3.63, 3.8) is 0 Å². The van der Waals surface area contributed by atoms with Crippen molar-refractivity contribution >= 4 is 50.9 Å². The van der Waals surface area contributed by atoms with E-state index in [1.54, 1.807) is 6.07 Å². The lowest BCUT2D eigenvalue weighted by atomic mass is 10.2. The fourth-order valence-electron chi connectivity index (χ4n) is 1.15. The largest absolute Gasteiger partial charge is 0.298 e. The minimum absolute atomic E-state index is 0.339. The first-order valence-electron chi connectivity index (χ1n) is 3.54. The van der Waals surface area contributed by atoms with Gasteiger partial charge in [0.1, 0.15) is 0 Å². The first-order chi connectivity index (χ1) is 6.24. The van der Waals surface area contributed by atoms with Crippen molar-refractivity contribution in [2.24, 2.45) is 0 Å². The molecule has 0 atom stereocenters. The summed E-state index contributed by atoms with van der Waals surface area (Å²) in [4.78, 5) is 10.6. The topological polar surface area (TPSA) is 17.1 Å². The Morgan fingerprint density at radius 2 is 2.08 bits per heavy atom. The number of fused-ring (bicyclic) bond motifs is 1. The van der Waals surface area contributed by atoms with Crippen LogP contribution in [0.5, 0.6) is 0 Å². The third-order valence-corrected chi connectivity index (χ3v) is 3.72. The summed E-state index contributed by atoms with van der Waals surface area (Å²) < 4.78 is 0.928. The van der Waals surface area contributed by atoms with Crippen LogP contribution in [0.25, 0.3) is 10.1 Å². The fourth-order valence-corrected chi connectivity index (χ4v) is 2.58. The Labute approximate surface area is 88.9 Å². The fraction of sp³-hybridized carbons (Fsp3) is 0. The van der Waals surface area contributed by atoms with Gasteiger partial charge in [-0.3, -0.25) is 4.79 Å². The molecule has 0 radical (unpaired) electrons. The molecule has 0 aliphatic heterocycles. The average Bonchev–Trinajstić information content (AvgIpc) is 2.59. The molecule has 0 saturated heterocycles. The quantitative estimate of drug-likeness (QED) is 0.677. The van der Waals surface area contributed by atoms with Gasteiger partial charge in [-0.1, -0.05) is 23.2 Å². The number of aldehydes is 1. The number of halogens is 2. The Balaban J connectivity index is 2.91. The van der Waals surface area contributed by atoms with Crippen LogP contribution in [0.4, 0.5) is 0 Å². The third-order valence-electron chi connectivity index (χ3n) is 1.78. The number of hydrogen-bond donors (Lipinski definition) is 0. The summed E-state index contributed by atoms with van der Waals surface area (Å²) in [6.07, 6.45) is 0.714. The van der Waals surface area contributed by atoms with E-state index in [4.69, 9.17) is 23.2 Å². The summed E-state index contributed by atoms with van der Waals surface area (Å²) in [7, 11) is 0. The number of hydrogen-bond acceptors (Lipinski definition) is 2. The van der Waals surface area contributed by atoms with Gasteiger partial charge in [-0.25, -0.2) is 0 Å². The van der Waals surface area contributed by atoms with E-state index < -0.39 is 0 Å². The van der Waals surface area contributed by atoms with E-state index in [2.05, 4.69) is 0 Å². The summed E-state index contributed by atoms with van der Waals surface area (Å²) in [6.45, 7) is 0. The number of benzene rings is 1. The van der Waals surface area contributed by atoms with Gasteiger partial charge in [0.25, 0.3) is 0 Å². The Bertz CT molecular complexity index is 476. The average molecular weight is 231 g/mol. The highest BCUT2D eigenvalue weighted by Gasteiger charge is 2.09. The van der Waals surface area contributed by atoms with Crippen molar-refractivity contribution in [2.75, 3.05) is 0 Å². The Kier molecular flexibility index (Phi) is 2.28. The highest BCUT2D eigenvalue weighted by molar-refractivity contribution is 7.18. The minimum Gasteiger partial charge on any atom is -0.298 e. The summed E-state index contributed by atoms with van der Waals surface area (Å²) in [5.41, 5.74) is 0.442. The van der Waals surface area contributed by atoms with Crippen LogP contribution < -0.4 is 0 Å². The van der Waals surface area contributed by atoms with Crippen molar-refractivity contribution in [3.05, 3.63) is 33.1 Å². The van der Waals surface area contributed by atoms with Gasteiger partial charge in [0.15, 0.2) is 6.29 Å². The van der Waals surface area contributed by atoms with Crippen LogP contribution in [0.15, 0.2) is 17.5 Å². The SMILES string of the molecule is O=Cc1cc2ccsc2c(Cl)c1Cl. The van der Waals surface area contributed by atoms with E-state index >= 15 is 0 Å². The molecular weight excluding hydrogens is 227 g/mol. The standard InChI is InChI=1S/C9H4Cl2OS/c10-7-6(4-12)3-5-1-2-13-9(5)8(7)11/h1-4H. The van der Waals surface area contributed by atoms with E-state index in [9.17, 15) is 4.79 Å². The Morgan fingerprint density at radius 3 is 2.77 bits per heavy atom. The van der Waals surface area contributed by atoms with Gasteiger partial charge < -0.3 is 0 Å². The molecule has 0 bridgehead atoms. The zero-order valence-electron chi connectivity index (χ0n) is 6.38. The van der Waals surface area contributed by atoms with E-state index in [1.807, 2.05) is 11.4 Å². The predicted octanol–water partition coefficient (Wildman–Crippen LogP) is 4.02. The normalized spacial score (nSPS) is 10.6. The smallest absolute Gasteiger partial charge is 0.151 e. The van der Waals surface area contributed by atoms with Crippen LogP contribution >= 0.6 is 34.5 Å². The molecule has 0 saturated carbocycles. The molecule has 1 nitrogen and oxygen atoms in total. The first-order valence-corrected chi connectivity index (χ1v) is 5.18. The second-order valence-corrected chi connectivity index (χ2v) is 4.22. The Morgan fingerprint density at radius 1 is 1.31 bits per heavy atom. The highest BCUT2D eigenvalue weighted by Crippen LogP contribution is 2.36. The lowest BCUT2D eigenvalue weighted by molar-refractivity contribution is 0.112. The molecule has 2 rings (SSSR count). The molecule has 0 fully saturated rings. The van der Waals surface area contributed by atoms with Crippen LogP contribution in [-0.2, 0) is 0 Å². The molecule has 2 aromatic rings. The van der Waals surface area contributed by atoms with Crippen molar-refractivity contribution in [1.29, 1.82) is 0 Å². The maximum Gasteiger partial charge on any atom is 0.151 e. The summed E-state index contributed by atoms with van der Waals surface area (Å²) in [5.74, 6) is 0. The van der Waals surface area contributed by atoms with Gasteiger partial charge in [0.2, 0.25) is 0 Å². The zero-order chi connectivity index (χ0) is 9.42. The third kappa shape index (κ3) is 1.35. The summed E-state index contributed by atoms with van der Waals surface area (Å²) in [5, 5.41) is 3.69. The van der Waals surface area contributed by atoms with Crippen molar-refractivity contribution in [3.8, 4) is 0 Å². The maximum absolute atomic E-state index is 10.6. The maximum atomic E-state index is 10.6. The Hall–Kier alpha value is -0.570. The molecule has 1 heterocycles. The van der Waals surface area contributed by atoms with Crippen LogP contribution in [0.2, 0.25) is 10.0 Å². The molecule has 66 valence electrons. The van der Waals surface area contributed by atoms with Gasteiger partial charge in [-0.2, -0.15) is 0 Å². The number of thiophene rings is 1. The zero-order valence-corrected chi connectivity index (χ0v) is 8.71. The number of carbonyl (C=O) groups is 1. The van der Waals surface area contributed by atoms with E-state index in [1.165, 1.54) is 11.3 Å². The second-order valence-electron chi connectivity index (χ2n) is 2.55. The number of carbonyl (C=O) groups excluding carboxylic acids is 1. The molecule has 0 N–H and O–H groups in total. The van der Waals surface area contributed by atoms with Crippen LogP contribution in [-0.4, -0.2) is 6.29 Å². The van der Waals surface area contributed by atoms with Gasteiger partial charge in [-0.05, 0) is 22.9 Å². The molecule has 0 aliphatic carbocycles. The van der Waals surface area contributed by atoms with Crippen LogP contribution in [0.1, 0.15) is 10.4 Å². The van der Waals surface area contributed by atoms with E-state index in [-0.39, 0.29) is 0 Å². The molecule has 0 aliphatic rings. The van der Waals surface area contributed by atoms with Crippen molar-refractivity contribution in [1.82, 2.24) is 0 Å². The molecule has 1 aromatic heterocycles. The minimum atomic E-state index is 0.339. The molecule has 4 heteroatoms. The molecule has 0 spiro atoms. The van der Waals surface area contributed by atoms with Crippen LogP contribution in [0.3, 0.4) is 0 Å². The van der Waals surface area contributed by atoms with Gasteiger partial charge in [-0.15, -0.1) is 11.3 Å². The molecular formula is C9H4Cl2OS.